The fraction of sp³-hybridized carbons (Fsp3) is 0.0323. The van der Waals surface area contributed by atoms with Gasteiger partial charge in [-0.15, -0.1) is 0 Å². The minimum atomic E-state index is -0.332. The molecule has 0 bridgehead atoms. The summed E-state index contributed by atoms with van der Waals surface area (Å²) >= 11 is 3.71. The third-order valence-corrected chi connectivity index (χ3v) is 7.35. The number of hydrogen-bond acceptors (Lipinski definition) is 0. The van der Waals surface area contributed by atoms with Crippen LogP contribution in [-0.4, -0.2) is 0 Å². The summed E-state index contributed by atoms with van der Waals surface area (Å²) in [6.07, 6.45) is 0. The predicted octanol–water partition coefficient (Wildman–Crippen LogP) is 8.48. The Balaban J connectivity index is 1.64. The van der Waals surface area contributed by atoms with Crippen LogP contribution in [0.25, 0.3) is 22.3 Å². The topological polar surface area (TPSA) is 0 Å². The first kappa shape index (κ1) is 19.3. The lowest BCUT2D eigenvalue weighted by atomic mass is 9.67. The van der Waals surface area contributed by atoms with Crippen molar-refractivity contribution in [1.29, 1.82) is 0 Å². The van der Waals surface area contributed by atoms with Gasteiger partial charge in [0.15, 0.2) is 0 Å². The molecule has 152 valence electrons. The summed E-state index contributed by atoms with van der Waals surface area (Å²) in [6.45, 7) is 0. The lowest BCUT2D eigenvalue weighted by Gasteiger charge is -2.34. The van der Waals surface area contributed by atoms with E-state index in [1.54, 1.807) is 0 Å². The van der Waals surface area contributed by atoms with E-state index in [0.29, 0.717) is 0 Å². The monoisotopic (exact) mass is 472 g/mol. The molecule has 0 heterocycles. The molecule has 0 fully saturated rings. The largest absolute Gasteiger partial charge is 0.0713 e. The summed E-state index contributed by atoms with van der Waals surface area (Å²) in [4.78, 5) is 0. The third-order valence-electron chi connectivity index (χ3n) is 6.66. The van der Waals surface area contributed by atoms with E-state index in [0.717, 1.165) is 4.47 Å². The number of fused-ring (bicyclic) bond motifs is 3. The summed E-state index contributed by atoms with van der Waals surface area (Å²) in [6, 6.07) is 46.2. The van der Waals surface area contributed by atoms with E-state index >= 15 is 0 Å². The molecule has 6 rings (SSSR count). The first-order valence-corrected chi connectivity index (χ1v) is 11.7. The molecule has 5 aromatic rings. The SMILES string of the molecule is Brc1ccccc1-c1ccc(C2(c3ccccc3)c3ccccc3-c3ccccc32)cc1. The predicted molar refractivity (Wildman–Crippen MR) is 137 cm³/mol. The molecule has 1 aliphatic rings. The van der Waals surface area contributed by atoms with Gasteiger partial charge in [-0.1, -0.05) is 137 Å². The molecule has 0 saturated carbocycles. The van der Waals surface area contributed by atoms with E-state index in [9.17, 15) is 0 Å². The maximum absolute atomic E-state index is 3.71. The van der Waals surface area contributed by atoms with Crippen LogP contribution in [0, 0.1) is 0 Å². The van der Waals surface area contributed by atoms with Gasteiger partial charge >= 0.3 is 0 Å². The minimum Gasteiger partial charge on any atom is -0.0622 e. The molecular formula is C31H21Br. The molecule has 0 amide bonds. The van der Waals surface area contributed by atoms with Crippen LogP contribution in [-0.2, 0) is 5.41 Å². The van der Waals surface area contributed by atoms with Crippen LogP contribution in [0.5, 0.6) is 0 Å². The van der Waals surface area contributed by atoms with Gasteiger partial charge < -0.3 is 0 Å². The zero-order chi connectivity index (χ0) is 21.5. The van der Waals surface area contributed by atoms with Crippen molar-refractivity contribution in [2.45, 2.75) is 5.41 Å². The van der Waals surface area contributed by atoms with Gasteiger partial charge in [0.2, 0.25) is 0 Å². The van der Waals surface area contributed by atoms with E-state index in [-0.39, 0.29) is 5.41 Å². The van der Waals surface area contributed by atoms with Gasteiger partial charge in [0.1, 0.15) is 0 Å². The highest BCUT2D eigenvalue weighted by Crippen LogP contribution is 2.56. The smallest absolute Gasteiger partial charge is 0.0622 e. The highest BCUT2D eigenvalue weighted by Gasteiger charge is 2.45. The Hall–Kier alpha value is -3.42. The highest BCUT2D eigenvalue weighted by molar-refractivity contribution is 9.10. The Kier molecular flexibility index (Phi) is 4.59. The Labute approximate surface area is 197 Å². The van der Waals surface area contributed by atoms with E-state index in [1.807, 2.05) is 0 Å². The lowest BCUT2D eigenvalue weighted by Crippen LogP contribution is -2.28. The van der Waals surface area contributed by atoms with Crippen LogP contribution in [0.1, 0.15) is 22.3 Å². The molecule has 0 atom stereocenters. The normalized spacial score (nSPS) is 13.4. The molecule has 0 radical (unpaired) electrons. The van der Waals surface area contributed by atoms with Crippen molar-refractivity contribution in [2.75, 3.05) is 0 Å². The maximum atomic E-state index is 3.71. The second-order valence-corrected chi connectivity index (χ2v) is 9.12. The summed E-state index contributed by atoms with van der Waals surface area (Å²) in [7, 11) is 0. The first-order chi connectivity index (χ1) is 15.8. The van der Waals surface area contributed by atoms with E-state index in [1.165, 1.54) is 44.5 Å². The summed E-state index contributed by atoms with van der Waals surface area (Å²) < 4.78 is 1.11. The molecule has 0 unspecified atom stereocenters. The van der Waals surface area contributed by atoms with Gasteiger partial charge in [0.25, 0.3) is 0 Å². The van der Waals surface area contributed by atoms with Crippen LogP contribution < -0.4 is 0 Å². The van der Waals surface area contributed by atoms with E-state index in [2.05, 4.69) is 143 Å². The summed E-state index contributed by atoms with van der Waals surface area (Å²) in [5.74, 6) is 0. The molecule has 0 N–H and O–H groups in total. The zero-order valence-electron chi connectivity index (χ0n) is 17.5. The van der Waals surface area contributed by atoms with Crippen LogP contribution >= 0.6 is 15.9 Å². The quantitative estimate of drug-likeness (QED) is 0.242. The average molecular weight is 473 g/mol. The van der Waals surface area contributed by atoms with Gasteiger partial charge in [0.05, 0.1) is 5.41 Å². The average Bonchev–Trinajstić information content (AvgIpc) is 3.16. The number of halogens is 1. The molecule has 0 aliphatic heterocycles. The van der Waals surface area contributed by atoms with Gasteiger partial charge in [0, 0.05) is 4.47 Å². The first-order valence-electron chi connectivity index (χ1n) is 10.9. The lowest BCUT2D eigenvalue weighted by molar-refractivity contribution is 0.768. The Morgan fingerprint density at radius 3 is 1.47 bits per heavy atom. The summed E-state index contributed by atoms with van der Waals surface area (Å²) in [5.41, 5.74) is 10.0. The second kappa shape index (κ2) is 7.62. The Morgan fingerprint density at radius 2 is 0.875 bits per heavy atom. The number of rotatable bonds is 3. The molecule has 5 aromatic carbocycles. The van der Waals surface area contributed by atoms with Crippen molar-refractivity contribution < 1.29 is 0 Å². The molecule has 0 nitrogen and oxygen atoms in total. The molecule has 1 aliphatic carbocycles. The van der Waals surface area contributed by atoms with Crippen molar-refractivity contribution in [3.63, 3.8) is 0 Å². The molecule has 0 spiro atoms. The molecule has 0 aromatic heterocycles. The van der Waals surface area contributed by atoms with Crippen LogP contribution in [0.2, 0.25) is 0 Å². The molecular weight excluding hydrogens is 452 g/mol. The molecule has 32 heavy (non-hydrogen) atoms. The van der Waals surface area contributed by atoms with Crippen molar-refractivity contribution in [3.05, 3.63) is 154 Å². The number of hydrogen-bond donors (Lipinski definition) is 0. The Morgan fingerprint density at radius 1 is 0.406 bits per heavy atom. The van der Waals surface area contributed by atoms with Gasteiger partial charge in [-0.3, -0.25) is 0 Å². The summed E-state index contributed by atoms with van der Waals surface area (Å²) in [5, 5.41) is 0. The van der Waals surface area contributed by atoms with Crippen LogP contribution in [0.4, 0.5) is 0 Å². The minimum absolute atomic E-state index is 0.332. The van der Waals surface area contributed by atoms with E-state index < -0.39 is 0 Å². The van der Waals surface area contributed by atoms with Crippen LogP contribution in [0.3, 0.4) is 0 Å². The van der Waals surface area contributed by atoms with Crippen molar-refractivity contribution in [1.82, 2.24) is 0 Å². The van der Waals surface area contributed by atoms with Gasteiger partial charge in [-0.2, -0.15) is 0 Å². The van der Waals surface area contributed by atoms with Crippen molar-refractivity contribution in [3.8, 4) is 22.3 Å². The van der Waals surface area contributed by atoms with Gasteiger partial charge in [-0.05, 0) is 50.6 Å². The molecule has 0 saturated heterocycles. The Bertz CT molecular complexity index is 1370. The van der Waals surface area contributed by atoms with Crippen LogP contribution in [0.15, 0.2) is 132 Å². The second-order valence-electron chi connectivity index (χ2n) is 8.26. The van der Waals surface area contributed by atoms with Gasteiger partial charge in [-0.25, -0.2) is 0 Å². The van der Waals surface area contributed by atoms with Crippen molar-refractivity contribution in [2.24, 2.45) is 0 Å². The highest BCUT2D eigenvalue weighted by atomic mass is 79.9. The number of benzene rings is 5. The third kappa shape index (κ3) is 2.75. The fourth-order valence-corrected chi connectivity index (χ4v) is 5.82. The maximum Gasteiger partial charge on any atom is 0.0713 e. The van der Waals surface area contributed by atoms with E-state index in [4.69, 9.17) is 0 Å². The fourth-order valence-electron chi connectivity index (χ4n) is 5.31. The zero-order valence-corrected chi connectivity index (χ0v) is 19.1. The van der Waals surface area contributed by atoms with Crippen molar-refractivity contribution >= 4 is 15.9 Å². The molecule has 1 heteroatoms. The standard InChI is InChI=1S/C31H21Br/c32-30-17-9-6-12-25(30)22-18-20-24(21-19-22)31(23-10-2-1-3-11-23)28-15-7-4-13-26(28)27-14-5-8-16-29(27)31/h1-21H.